The molecule has 3 aromatic rings. The van der Waals surface area contributed by atoms with Gasteiger partial charge in [0.15, 0.2) is 5.75 Å². The summed E-state index contributed by atoms with van der Waals surface area (Å²) in [5, 5.41) is 2.89. The van der Waals surface area contributed by atoms with Crippen molar-refractivity contribution >= 4 is 12.0 Å². The second-order valence-corrected chi connectivity index (χ2v) is 10.7. The summed E-state index contributed by atoms with van der Waals surface area (Å²) in [5.74, 6) is 2.05. The second kappa shape index (κ2) is 10.5. The Bertz CT molecular complexity index is 1250. The lowest BCUT2D eigenvalue weighted by Crippen LogP contribution is -2.50. The van der Waals surface area contributed by atoms with Crippen LogP contribution in [-0.2, 0) is 10.2 Å². The fourth-order valence-electron chi connectivity index (χ4n) is 4.06. The summed E-state index contributed by atoms with van der Waals surface area (Å²) in [6.07, 6.45) is 4.19. The van der Waals surface area contributed by atoms with E-state index in [1.54, 1.807) is 0 Å². The van der Waals surface area contributed by atoms with Gasteiger partial charge in [-0.15, -0.1) is 6.57 Å². The Morgan fingerprint density at radius 3 is 1.95 bits per heavy atom. The highest BCUT2D eigenvalue weighted by Gasteiger charge is 2.33. The number of benzene rings is 2. The molecule has 0 aliphatic heterocycles. The number of carbonyl (C=O) groups excluding carboxylic acids is 1. The quantitative estimate of drug-likeness (QED) is 0.369. The number of aromatic nitrogens is 2. The van der Waals surface area contributed by atoms with E-state index in [4.69, 9.17) is 20.8 Å². The minimum atomic E-state index is -0.503. The Morgan fingerprint density at radius 1 is 0.892 bits per heavy atom. The van der Waals surface area contributed by atoms with E-state index in [0.29, 0.717) is 11.5 Å². The van der Waals surface area contributed by atoms with Crippen molar-refractivity contribution in [3.05, 3.63) is 83.5 Å². The lowest BCUT2D eigenvalue weighted by atomic mass is 9.78. The molecule has 0 bridgehead atoms. The lowest BCUT2D eigenvalue weighted by Gasteiger charge is -2.36. The van der Waals surface area contributed by atoms with Crippen molar-refractivity contribution in [2.45, 2.75) is 70.6 Å². The highest BCUT2D eigenvalue weighted by Crippen LogP contribution is 2.35. The maximum absolute atomic E-state index is 11.9. The van der Waals surface area contributed by atoms with E-state index >= 15 is 0 Å². The summed E-state index contributed by atoms with van der Waals surface area (Å²) in [5.41, 5.74) is 1.58. The highest BCUT2D eigenvalue weighted by molar-refractivity contribution is 5.68. The van der Waals surface area contributed by atoms with Gasteiger partial charge in [-0.2, -0.15) is 9.97 Å². The Morgan fingerprint density at radius 2 is 1.43 bits per heavy atom. The summed E-state index contributed by atoms with van der Waals surface area (Å²) < 4.78 is 17.2. The van der Waals surface area contributed by atoms with Crippen LogP contribution in [0, 0.1) is 6.57 Å². The van der Waals surface area contributed by atoms with Crippen LogP contribution >= 0.6 is 0 Å². The topological polar surface area (TPSA) is 86.9 Å². The number of nitrogens with one attached hydrogen (secondary N) is 1. The smallest absolute Gasteiger partial charge is 0.407 e. The van der Waals surface area contributed by atoms with Gasteiger partial charge in [0.1, 0.15) is 35.6 Å². The normalized spacial score (nSPS) is 17.2. The maximum Gasteiger partial charge on any atom is 0.407 e. The zero-order chi connectivity index (χ0) is 26.6. The molecule has 1 aromatic heterocycles. The predicted octanol–water partition coefficient (Wildman–Crippen LogP) is 6.58. The van der Waals surface area contributed by atoms with E-state index in [1.165, 1.54) is 12.4 Å². The van der Waals surface area contributed by atoms with Crippen molar-refractivity contribution in [1.82, 2.24) is 15.3 Å². The average molecular weight is 501 g/mol. The molecule has 0 atom stereocenters. The number of ether oxygens (including phenoxy) is 3. The minimum Gasteiger partial charge on any atom is -0.490 e. The first-order valence-corrected chi connectivity index (χ1v) is 12.3. The molecule has 1 heterocycles. The van der Waals surface area contributed by atoms with Crippen LogP contribution in [-0.4, -0.2) is 33.8 Å². The van der Waals surface area contributed by atoms with Gasteiger partial charge in [0.25, 0.3) is 0 Å². The molecule has 2 aromatic carbocycles. The van der Waals surface area contributed by atoms with Gasteiger partial charge in [0, 0.05) is 24.3 Å². The summed E-state index contributed by atoms with van der Waals surface area (Å²) in [6, 6.07) is 16.2. The summed E-state index contributed by atoms with van der Waals surface area (Å²) in [7, 11) is 0. The van der Waals surface area contributed by atoms with E-state index in [0.717, 1.165) is 29.7 Å². The lowest BCUT2D eigenvalue weighted by molar-refractivity contribution is 0.0363. The fourth-order valence-corrected chi connectivity index (χ4v) is 4.06. The Kier molecular flexibility index (Phi) is 7.35. The first-order chi connectivity index (χ1) is 17.5. The molecule has 1 amide bonds. The van der Waals surface area contributed by atoms with Crippen LogP contribution in [0.2, 0.25) is 0 Å². The number of rotatable bonds is 7. The number of amides is 1. The molecular formula is C29H32N4O4. The molecule has 1 N–H and O–H groups in total. The van der Waals surface area contributed by atoms with Crippen LogP contribution in [0.1, 0.15) is 58.6 Å². The van der Waals surface area contributed by atoms with Gasteiger partial charge >= 0.3 is 12.0 Å². The van der Waals surface area contributed by atoms with Crippen molar-refractivity contribution in [1.29, 1.82) is 0 Å². The first kappa shape index (κ1) is 26.0. The molecule has 0 saturated heterocycles. The van der Waals surface area contributed by atoms with Crippen LogP contribution in [0.15, 0.2) is 60.9 Å². The van der Waals surface area contributed by atoms with E-state index < -0.39 is 5.60 Å². The number of hydrogen-bond donors (Lipinski definition) is 1. The molecule has 1 saturated carbocycles. The van der Waals surface area contributed by atoms with Gasteiger partial charge in [-0.1, -0.05) is 38.1 Å². The highest BCUT2D eigenvalue weighted by atomic mass is 16.6. The second-order valence-electron chi connectivity index (χ2n) is 10.7. The van der Waals surface area contributed by atoms with Gasteiger partial charge < -0.3 is 24.4 Å². The van der Waals surface area contributed by atoms with Gasteiger partial charge in [-0.05, 0) is 56.2 Å². The zero-order valence-corrected chi connectivity index (χ0v) is 21.8. The number of hydrogen-bond acceptors (Lipinski definition) is 6. The third kappa shape index (κ3) is 6.76. The van der Waals surface area contributed by atoms with Crippen LogP contribution in [0.4, 0.5) is 10.7 Å². The monoisotopic (exact) mass is 500 g/mol. The molecule has 1 fully saturated rings. The van der Waals surface area contributed by atoms with Gasteiger partial charge in [-0.25, -0.2) is 4.79 Å². The third-order valence-corrected chi connectivity index (χ3v) is 6.22. The molecule has 0 spiro atoms. The zero-order valence-electron chi connectivity index (χ0n) is 21.8. The first-order valence-electron chi connectivity index (χ1n) is 12.3. The number of nitrogens with zero attached hydrogens (tertiary/aromatic N) is 3. The van der Waals surface area contributed by atoms with Crippen molar-refractivity contribution in [3.63, 3.8) is 0 Å². The van der Waals surface area contributed by atoms with Crippen LogP contribution in [0.5, 0.6) is 17.2 Å². The average Bonchev–Trinajstić information content (AvgIpc) is 2.83. The third-order valence-electron chi connectivity index (χ3n) is 6.22. The molecule has 8 heteroatoms. The van der Waals surface area contributed by atoms with E-state index in [9.17, 15) is 4.79 Å². The molecular weight excluding hydrogens is 468 g/mol. The van der Waals surface area contributed by atoms with Crippen molar-refractivity contribution in [2.24, 2.45) is 0 Å². The summed E-state index contributed by atoms with van der Waals surface area (Å²) >= 11 is 0. The molecule has 1 aliphatic rings. The van der Waals surface area contributed by atoms with Crippen molar-refractivity contribution in [2.75, 3.05) is 0 Å². The largest absolute Gasteiger partial charge is 0.490 e. The Hall–Kier alpha value is -4.12. The Balaban J connectivity index is 1.30. The number of carbonyl (C=O) groups is 1. The number of alkyl carbamates (subject to hydrolysis) is 1. The van der Waals surface area contributed by atoms with Crippen LogP contribution < -0.4 is 14.8 Å². The van der Waals surface area contributed by atoms with Crippen molar-refractivity contribution in [3.8, 4) is 17.2 Å². The van der Waals surface area contributed by atoms with Gasteiger partial charge in [-0.3, -0.25) is 0 Å². The van der Waals surface area contributed by atoms with E-state index in [-0.39, 0.29) is 29.6 Å². The predicted molar refractivity (Wildman–Crippen MR) is 140 cm³/mol. The molecule has 8 nitrogen and oxygen atoms in total. The SMILES string of the molecule is [C-]#[N+]c1ncc(Oc2ccc(C(C)(C)c3ccc(OC4CC(NC(=O)OC(C)(C)C)C4)cc3)cc2)cn1. The Labute approximate surface area is 217 Å². The molecule has 0 unspecified atom stereocenters. The minimum absolute atomic E-state index is 0.0781. The van der Waals surface area contributed by atoms with Crippen LogP contribution in [0.3, 0.4) is 0 Å². The summed E-state index contributed by atoms with van der Waals surface area (Å²) in [6.45, 7) is 16.8. The molecule has 0 radical (unpaired) electrons. The van der Waals surface area contributed by atoms with Crippen LogP contribution in [0.25, 0.3) is 4.85 Å². The van der Waals surface area contributed by atoms with Gasteiger partial charge in [0.05, 0.1) is 0 Å². The van der Waals surface area contributed by atoms with Gasteiger partial charge in [0.2, 0.25) is 0 Å². The molecule has 37 heavy (non-hydrogen) atoms. The summed E-state index contributed by atoms with van der Waals surface area (Å²) in [4.78, 5) is 22.9. The van der Waals surface area contributed by atoms with E-state index in [2.05, 4.69) is 46.1 Å². The van der Waals surface area contributed by atoms with Crippen molar-refractivity contribution < 1.29 is 19.0 Å². The maximum atomic E-state index is 11.9. The fraction of sp³-hybridized carbons (Fsp3) is 0.379. The molecule has 4 rings (SSSR count). The van der Waals surface area contributed by atoms with E-state index in [1.807, 2.05) is 57.2 Å². The molecule has 1 aliphatic carbocycles. The standard InChI is InChI=1S/C29H32N4O4/c1-28(2,3)37-27(34)33-21-15-24(16-21)35-22-11-7-19(8-12-22)29(4,5)20-9-13-23(14-10-20)36-25-17-31-26(30-6)32-18-25/h7-14,17-18,21,24H,15-16H2,1-5H3,(H,33,34). The molecule has 192 valence electrons.